The van der Waals surface area contributed by atoms with E-state index in [1.807, 2.05) is 13.8 Å². The second-order valence-corrected chi connectivity index (χ2v) is 4.22. The molecule has 0 aromatic carbocycles. The van der Waals surface area contributed by atoms with Crippen molar-refractivity contribution in [3.05, 3.63) is 0 Å². The van der Waals surface area contributed by atoms with Crippen LogP contribution in [0, 0.1) is 5.92 Å². The van der Waals surface area contributed by atoms with Gasteiger partial charge >= 0.3 is 0 Å². The van der Waals surface area contributed by atoms with Gasteiger partial charge in [-0.25, -0.2) is 0 Å². The number of carbonyl (C=O) groups excluding carboxylic acids is 1. The first-order chi connectivity index (χ1) is 8.08. The predicted octanol–water partition coefficient (Wildman–Crippen LogP) is 0.481. The van der Waals surface area contributed by atoms with Crippen molar-refractivity contribution in [3.63, 3.8) is 0 Å². The minimum atomic E-state index is -0.436. The smallest absolute Gasteiger partial charge is 0.239 e. The average Bonchev–Trinajstić information content (AvgIpc) is 2.36. The molecule has 0 aliphatic rings. The lowest BCUT2D eigenvalue weighted by molar-refractivity contribution is -0.135. The molecule has 5 nitrogen and oxygen atoms in total. The summed E-state index contributed by atoms with van der Waals surface area (Å²) in [5.74, 6) is 0.170. The van der Waals surface area contributed by atoms with Gasteiger partial charge in [-0.2, -0.15) is 0 Å². The van der Waals surface area contributed by atoms with E-state index in [-0.39, 0.29) is 11.8 Å². The van der Waals surface area contributed by atoms with Crippen molar-refractivity contribution in [1.82, 2.24) is 4.90 Å². The molecule has 0 bridgehead atoms. The van der Waals surface area contributed by atoms with E-state index < -0.39 is 6.04 Å². The zero-order valence-corrected chi connectivity index (χ0v) is 11.4. The van der Waals surface area contributed by atoms with Crippen LogP contribution >= 0.6 is 0 Å². The Labute approximate surface area is 104 Å². The summed E-state index contributed by atoms with van der Waals surface area (Å²) in [7, 11) is 3.24. The third-order valence-electron chi connectivity index (χ3n) is 2.98. The molecule has 2 N–H and O–H groups in total. The third kappa shape index (κ3) is 6.00. The molecule has 5 heteroatoms. The molecule has 0 aromatic heterocycles. The van der Waals surface area contributed by atoms with Gasteiger partial charge in [-0.3, -0.25) is 4.79 Å². The van der Waals surface area contributed by atoms with Crippen LogP contribution in [0.3, 0.4) is 0 Å². The van der Waals surface area contributed by atoms with Gasteiger partial charge in [0.2, 0.25) is 5.91 Å². The van der Waals surface area contributed by atoms with Crippen LogP contribution in [0.4, 0.5) is 0 Å². The van der Waals surface area contributed by atoms with Gasteiger partial charge in [0, 0.05) is 27.3 Å². The number of methoxy groups -OCH3 is 2. The van der Waals surface area contributed by atoms with Gasteiger partial charge in [0.25, 0.3) is 0 Å². The molecule has 0 aromatic rings. The fourth-order valence-electron chi connectivity index (χ4n) is 1.44. The normalized spacial score (nSPS) is 14.4. The fourth-order valence-corrected chi connectivity index (χ4v) is 1.44. The van der Waals surface area contributed by atoms with Crippen LogP contribution in [0.25, 0.3) is 0 Å². The average molecular weight is 246 g/mol. The summed E-state index contributed by atoms with van der Waals surface area (Å²) < 4.78 is 9.99. The number of hydrogen-bond donors (Lipinski definition) is 1. The minimum absolute atomic E-state index is 0.0200. The lowest BCUT2D eigenvalue weighted by atomic mass is 9.99. The molecule has 0 unspecified atom stereocenters. The number of nitrogens with two attached hydrogens (primary N) is 1. The highest BCUT2D eigenvalue weighted by Gasteiger charge is 2.24. The Morgan fingerprint density at radius 2 is 1.71 bits per heavy atom. The molecule has 0 spiro atoms. The molecule has 102 valence electrons. The molecule has 2 atom stereocenters. The molecule has 1 amide bonds. The number of ether oxygens (including phenoxy) is 2. The highest BCUT2D eigenvalue weighted by Crippen LogP contribution is 2.08. The number of hydrogen-bond acceptors (Lipinski definition) is 4. The molecular weight excluding hydrogens is 220 g/mol. The van der Waals surface area contributed by atoms with Gasteiger partial charge < -0.3 is 20.1 Å². The van der Waals surface area contributed by atoms with E-state index in [9.17, 15) is 4.79 Å². The van der Waals surface area contributed by atoms with Crippen molar-refractivity contribution in [1.29, 1.82) is 0 Å². The second-order valence-electron chi connectivity index (χ2n) is 4.22. The first-order valence-electron chi connectivity index (χ1n) is 6.10. The Hall–Kier alpha value is -0.650. The Kier molecular flexibility index (Phi) is 9.03. The number of amides is 1. The van der Waals surface area contributed by atoms with Crippen LogP contribution in [-0.2, 0) is 14.3 Å². The van der Waals surface area contributed by atoms with Gasteiger partial charge in [-0.05, 0) is 5.92 Å². The van der Waals surface area contributed by atoms with E-state index in [0.29, 0.717) is 26.3 Å². The van der Waals surface area contributed by atoms with Gasteiger partial charge in [0.15, 0.2) is 0 Å². The summed E-state index contributed by atoms with van der Waals surface area (Å²) in [6.07, 6.45) is 0.898. The van der Waals surface area contributed by atoms with Gasteiger partial charge in [-0.15, -0.1) is 0 Å². The van der Waals surface area contributed by atoms with E-state index >= 15 is 0 Å². The summed E-state index contributed by atoms with van der Waals surface area (Å²) in [6, 6.07) is -0.436. The summed E-state index contributed by atoms with van der Waals surface area (Å²) in [4.78, 5) is 13.9. The fraction of sp³-hybridized carbons (Fsp3) is 0.917. The maximum Gasteiger partial charge on any atom is 0.239 e. The van der Waals surface area contributed by atoms with Crippen LogP contribution < -0.4 is 5.73 Å². The largest absolute Gasteiger partial charge is 0.383 e. The standard InChI is InChI=1S/C12H26N2O3/c1-5-10(2)11(13)12(15)14(6-8-16-3)7-9-17-4/h10-11H,5-9,13H2,1-4H3/t10-,11-/m0/s1. The maximum absolute atomic E-state index is 12.1. The van der Waals surface area contributed by atoms with Crippen molar-refractivity contribution >= 4 is 5.91 Å². The van der Waals surface area contributed by atoms with Crippen molar-refractivity contribution in [2.24, 2.45) is 11.7 Å². The number of nitrogens with zero attached hydrogens (tertiary/aromatic N) is 1. The van der Waals surface area contributed by atoms with Crippen LogP contribution in [0.2, 0.25) is 0 Å². The van der Waals surface area contributed by atoms with E-state index in [1.165, 1.54) is 0 Å². The second kappa shape index (κ2) is 9.39. The van der Waals surface area contributed by atoms with Crippen molar-refractivity contribution in [2.75, 3.05) is 40.5 Å². The van der Waals surface area contributed by atoms with E-state index in [0.717, 1.165) is 6.42 Å². The first kappa shape index (κ1) is 16.4. The van der Waals surface area contributed by atoms with Crippen LogP contribution in [0.5, 0.6) is 0 Å². The molecule has 0 saturated carbocycles. The Balaban J connectivity index is 4.38. The quantitative estimate of drug-likeness (QED) is 0.643. The molecule has 0 aliphatic heterocycles. The van der Waals surface area contributed by atoms with Crippen molar-refractivity contribution < 1.29 is 14.3 Å². The third-order valence-corrected chi connectivity index (χ3v) is 2.98. The van der Waals surface area contributed by atoms with Gasteiger partial charge in [-0.1, -0.05) is 20.3 Å². The van der Waals surface area contributed by atoms with E-state index in [1.54, 1.807) is 19.1 Å². The lowest BCUT2D eigenvalue weighted by Crippen LogP contribution is -2.49. The SMILES string of the molecule is CC[C@H](C)[C@H](N)C(=O)N(CCOC)CCOC. The molecule has 0 aliphatic carbocycles. The Morgan fingerprint density at radius 1 is 1.24 bits per heavy atom. The number of rotatable bonds is 9. The van der Waals surface area contributed by atoms with Crippen LogP contribution in [0.15, 0.2) is 0 Å². The predicted molar refractivity (Wildman–Crippen MR) is 67.8 cm³/mol. The first-order valence-corrected chi connectivity index (χ1v) is 6.10. The highest BCUT2D eigenvalue weighted by molar-refractivity contribution is 5.82. The minimum Gasteiger partial charge on any atom is -0.383 e. The molecule has 0 radical (unpaired) electrons. The molecule has 0 rings (SSSR count). The summed E-state index contributed by atoms with van der Waals surface area (Å²) in [6.45, 7) is 6.18. The monoisotopic (exact) mass is 246 g/mol. The molecule has 0 heterocycles. The topological polar surface area (TPSA) is 64.8 Å². The highest BCUT2D eigenvalue weighted by atomic mass is 16.5. The van der Waals surface area contributed by atoms with Crippen LogP contribution in [-0.4, -0.2) is 57.4 Å². The van der Waals surface area contributed by atoms with Crippen molar-refractivity contribution in [2.45, 2.75) is 26.3 Å². The van der Waals surface area contributed by atoms with Gasteiger partial charge in [0.05, 0.1) is 19.3 Å². The number of carbonyl (C=O) groups is 1. The van der Waals surface area contributed by atoms with Gasteiger partial charge in [0.1, 0.15) is 0 Å². The molecule has 17 heavy (non-hydrogen) atoms. The van der Waals surface area contributed by atoms with Crippen molar-refractivity contribution in [3.8, 4) is 0 Å². The van der Waals surface area contributed by atoms with Crippen LogP contribution in [0.1, 0.15) is 20.3 Å². The zero-order chi connectivity index (χ0) is 13.3. The Bertz CT molecular complexity index is 204. The molecular formula is C12H26N2O3. The maximum atomic E-state index is 12.1. The summed E-state index contributed by atoms with van der Waals surface area (Å²) in [5, 5.41) is 0. The zero-order valence-electron chi connectivity index (χ0n) is 11.4. The summed E-state index contributed by atoms with van der Waals surface area (Å²) in [5.41, 5.74) is 5.94. The molecule has 0 saturated heterocycles. The Morgan fingerprint density at radius 3 is 2.06 bits per heavy atom. The van der Waals surface area contributed by atoms with E-state index in [4.69, 9.17) is 15.2 Å². The molecule has 0 fully saturated rings. The lowest BCUT2D eigenvalue weighted by Gasteiger charge is -2.27. The summed E-state index contributed by atoms with van der Waals surface area (Å²) >= 11 is 0. The van der Waals surface area contributed by atoms with E-state index in [2.05, 4.69) is 0 Å².